The van der Waals surface area contributed by atoms with Crippen molar-refractivity contribution in [1.82, 2.24) is 25.5 Å². The molecule has 1 amide bonds. The molecule has 0 radical (unpaired) electrons. The second-order valence-corrected chi connectivity index (χ2v) is 7.93. The average Bonchev–Trinajstić information content (AvgIpc) is 3.31. The lowest BCUT2D eigenvalue weighted by Gasteiger charge is -2.18. The highest BCUT2D eigenvalue weighted by atomic mass is 32.2. The van der Waals surface area contributed by atoms with E-state index in [1.54, 1.807) is 6.20 Å². The van der Waals surface area contributed by atoms with Gasteiger partial charge in [0.25, 0.3) is 0 Å². The van der Waals surface area contributed by atoms with E-state index in [1.165, 1.54) is 22.9 Å². The minimum absolute atomic E-state index is 0.0333. The molecule has 0 spiro atoms. The van der Waals surface area contributed by atoms with Crippen LogP contribution in [0.5, 0.6) is 0 Å². The van der Waals surface area contributed by atoms with Gasteiger partial charge in [-0.1, -0.05) is 78.5 Å². The number of H-pyrrole nitrogens is 1. The molecule has 4 aromatic rings. The number of thioether (sulfide) groups is 1. The zero-order valence-corrected chi connectivity index (χ0v) is 17.8. The van der Waals surface area contributed by atoms with Gasteiger partial charge in [-0.15, -0.1) is 5.10 Å². The third-order valence-corrected chi connectivity index (χ3v) is 5.71. The van der Waals surface area contributed by atoms with Crippen LogP contribution in [-0.2, 0) is 4.79 Å². The number of pyridine rings is 1. The van der Waals surface area contributed by atoms with Crippen molar-refractivity contribution in [3.8, 4) is 11.5 Å². The lowest BCUT2D eigenvalue weighted by Crippen LogP contribution is -2.27. The van der Waals surface area contributed by atoms with E-state index in [0.717, 1.165) is 12.1 Å². The molecule has 0 saturated carbocycles. The number of rotatable bonds is 9. The smallest absolute Gasteiger partial charge is 0.230 e. The van der Waals surface area contributed by atoms with E-state index in [4.69, 9.17) is 0 Å². The average molecular weight is 430 g/mol. The number of benzene rings is 2. The quantitative estimate of drug-likeness (QED) is 0.388. The maximum atomic E-state index is 12.3. The van der Waals surface area contributed by atoms with Gasteiger partial charge in [0.15, 0.2) is 5.82 Å². The Morgan fingerprint density at radius 1 is 0.935 bits per heavy atom. The van der Waals surface area contributed by atoms with Crippen molar-refractivity contribution < 1.29 is 4.79 Å². The summed E-state index contributed by atoms with van der Waals surface area (Å²) in [6.07, 6.45) is 2.53. The Morgan fingerprint density at radius 3 is 2.26 bits per heavy atom. The highest BCUT2D eigenvalue weighted by Gasteiger charge is 2.15. The summed E-state index contributed by atoms with van der Waals surface area (Å²) < 4.78 is 0. The van der Waals surface area contributed by atoms with Crippen LogP contribution in [0.2, 0.25) is 0 Å². The molecular weight excluding hydrogens is 406 g/mol. The van der Waals surface area contributed by atoms with Gasteiger partial charge in [-0.2, -0.15) is 4.98 Å². The molecule has 2 aromatic heterocycles. The summed E-state index contributed by atoms with van der Waals surface area (Å²) in [5.41, 5.74) is 3.22. The van der Waals surface area contributed by atoms with Crippen LogP contribution < -0.4 is 5.32 Å². The lowest BCUT2D eigenvalue weighted by molar-refractivity contribution is -0.118. The third kappa shape index (κ3) is 5.79. The Kier molecular flexibility index (Phi) is 7.08. The largest absolute Gasteiger partial charge is 0.355 e. The summed E-state index contributed by atoms with van der Waals surface area (Å²) in [6, 6.07) is 26.4. The van der Waals surface area contributed by atoms with Crippen LogP contribution in [0.1, 0.15) is 23.5 Å². The van der Waals surface area contributed by atoms with Crippen LogP contribution in [0.15, 0.2) is 90.2 Å². The van der Waals surface area contributed by atoms with Gasteiger partial charge in [-0.05, 0) is 29.7 Å². The van der Waals surface area contributed by atoms with E-state index in [-0.39, 0.29) is 17.6 Å². The van der Waals surface area contributed by atoms with Gasteiger partial charge in [0.2, 0.25) is 11.1 Å². The monoisotopic (exact) mass is 429 g/mol. The van der Waals surface area contributed by atoms with Gasteiger partial charge in [0, 0.05) is 18.7 Å². The zero-order chi connectivity index (χ0) is 21.3. The highest BCUT2D eigenvalue weighted by molar-refractivity contribution is 7.99. The first-order valence-corrected chi connectivity index (χ1v) is 11.1. The molecule has 4 rings (SSSR count). The molecule has 0 fully saturated rings. The molecule has 0 unspecified atom stereocenters. The van der Waals surface area contributed by atoms with Crippen LogP contribution in [0, 0.1) is 0 Å². The van der Waals surface area contributed by atoms with E-state index < -0.39 is 0 Å². The number of aromatic nitrogens is 4. The van der Waals surface area contributed by atoms with Crippen molar-refractivity contribution in [2.45, 2.75) is 17.5 Å². The predicted molar refractivity (Wildman–Crippen MR) is 123 cm³/mol. The molecule has 0 bridgehead atoms. The van der Waals surface area contributed by atoms with Gasteiger partial charge in [-0.25, -0.2) is 0 Å². The Bertz CT molecular complexity index is 1050. The molecule has 31 heavy (non-hydrogen) atoms. The standard InChI is InChI=1S/C24H23N5OS/c30-22(17-31-24-27-23(28-29-24)21-13-7-8-15-25-21)26-16-14-20(18-9-3-1-4-10-18)19-11-5-2-6-12-19/h1-13,15,20H,14,16-17H2,(H,26,30)(H,27,28,29). The van der Waals surface area contributed by atoms with E-state index in [0.29, 0.717) is 17.5 Å². The van der Waals surface area contributed by atoms with Crippen molar-refractivity contribution in [1.29, 1.82) is 0 Å². The second-order valence-electron chi connectivity index (χ2n) is 6.98. The third-order valence-electron chi connectivity index (χ3n) is 4.86. The molecule has 2 aromatic carbocycles. The zero-order valence-electron chi connectivity index (χ0n) is 16.9. The number of hydrogen-bond acceptors (Lipinski definition) is 5. The van der Waals surface area contributed by atoms with Crippen LogP contribution >= 0.6 is 11.8 Å². The summed E-state index contributed by atoms with van der Waals surface area (Å²) in [6.45, 7) is 0.598. The Hall–Kier alpha value is -3.45. The van der Waals surface area contributed by atoms with Gasteiger partial charge in [-0.3, -0.25) is 14.9 Å². The fourth-order valence-electron chi connectivity index (χ4n) is 3.36. The number of hydrogen-bond donors (Lipinski definition) is 2. The lowest BCUT2D eigenvalue weighted by atomic mass is 9.88. The Balaban J connectivity index is 1.29. The first kappa shape index (κ1) is 20.8. The summed E-state index contributed by atoms with van der Waals surface area (Å²) in [4.78, 5) is 21.0. The van der Waals surface area contributed by atoms with Gasteiger partial charge >= 0.3 is 0 Å². The molecule has 7 heteroatoms. The Labute approximate surface area is 185 Å². The maximum absolute atomic E-state index is 12.3. The minimum Gasteiger partial charge on any atom is -0.355 e. The summed E-state index contributed by atoms with van der Waals surface area (Å²) >= 11 is 1.30. The van der Waals surface area contributed by atoms with E-state index in [2.05, 4.69) is 74.0 Å². The molecule has 6 nitrogen and oxygen atoms in total. The fraction of sp³-hybridized carbons (Fsp3) is 0.167. The number of carbonyl (C=O) groups excluding carboxylic acids is 1. The maximum Gasteiger partial charge on any atom is 0.230 e. The SMILES string of the molecule is O=C(CSc1n[nH]c(-c2ccccn2)n1)NCCC(c1ccccc1)c1ccccc1. The van der Waals surface area contributed by atoms with Gasteiger partial charge in [0.1, 0.15) is 5.69 Å². The molecule has 156 valence electrons. The fourth-order valence-corrected chi connectivity index (χ4v) is 3.99. The van der Waals surface area contributed by atoms with Gasteiger partial charge in [0.05, 0.1) is 5.75 Å². The highest BCUT2D eigenvalue weighted by Crippen LogP contribution is 2.27. The molecule has 0 aliphatic heterocycles. The van der Waals surface area contributed by atoms with Crippen LogP contribution in [0.25, 0.3) is 11.5 Å². The molecule has 0 saturated heterocycles. The molecule has 2 heterocycles. The van der Waals surface area contributed by atoms with Crippen molar-refractivity contribution >= 4 is 17.7 Å². The molecular formula is C24H23N5OS. The van der Waals surface area contributed by atoms with Crippen LogP contribution in [0.4, 0.5) is 0 Å². The topological polar surface area (TPSA) is 83.6 Å². The first-order valence-electron chi connectivity index (χ1n) is 10.1. The number of aromatic amines is 1. The van der Waals surface area contributed by atoms with Crippen molar-refractivity contribution in [2.24, 2.45) is 0 Å². The number of nitrogens with zero attached hydrogens (tertiary/aromatic N) is 3. The van der Waals surface area contributed by atoms with Crippen molar-refractivity contribution in [3.05, 3.63) is 96.2 Å². The number of carbonyl (C=O) groups is 1. The summed E-state index contributed by atoms with van der Waals surface area (Å²) in [5, 5.41) is 10.6. The van der Waals surface area contributed by atoms with E-state index >= 15 is 0 Å². The molecule has 0 aliphatic rings. The van der Waals surface area contributed by atoms with E-state index in [1.807, 2.05) is 30.3 Å². The minimum atomic E-state index is -0.0333. The summed E-state index contributed by atoms with van der Waals surface area (Å²) in [5.74, 6) is 1.07. The van der Waals surface area contributed by atoms with E-state index in [9.17, 15) is 4.79 Å². The van der Waals surface area contributed by atoms with Crippen LogP contribution in [-0.4, -0.2) is 38.4 Å². The molecule has 0 atom stereocenters. The summed E-state index contributed by atoms with van der Waals surface area (Å²) in [7, 11) is 0. The van der Waals surface area contributed by atoms with Crippen LogP contribution in [0.3, 0.4) is 0 Å². The normalized spacial score (nSPS) is 10.9. The molecule has 0 aliphatic carbocycles. The van der Waals surface area contributed by atoms with Crippen molar-refractivity contribution in [2.75, 3.05) is 12.3 Å². The second kappa shape index (κ2) is 10.5. The number of amides is 1. The predicted octanol–water partition coefficient (Wildman–Crippen LogP) is 4.30. The number of nitrogens with one attached hydrogen (secondary N) is 2. The van der Waals surface area contributed by atoms with Crippen molar-refractivity contribution in [3.63, 3.8) is 0 Å². The molecule has 2 N–H and O–H groups in total. The Morgan fingerprint density at radius 2 is 1.61 bits per heavy atom. The first-order chi connectivity index (χ1) is 15.3. The van der Waals surface area contributed by atoms with Gasteiger partial charge < -0.3 is 5.32 Å².